The lowest BCUT2D eigenvalue weighted by molar-refractivity contribution is -0.118. The molecule has 0 heterocycles. The minimum Gasteiger partial charge on any atom is -0.490 e. The summed E-state index contributed by atoms with van der Waals surface area (Å²) < 4.78 is 12.0. The monoisotopic (exact) mass is 487 g/mol. The minimum atomic E-state index is 0.250. The fourth-order valence-corrected chi connectivity index (χ4v) is 8.30. The first-order valence-corrected chi connectivity index (χ1v) is 13.0. The van der Waals surface area contributed by atoms with Gasteiger partial charge in [-0.05, 0) is 86.0 Å². The molecule has 4 saturated carbocycles. The number of benzene rings is 2. The summed E-state index contributed by atoms with van der Waals surface area (Å²) in [6.45, 7) is 8.70. The summed E-state index contributed by atoms with van der Waals surface area (Å²) in [5, 5.41) is 5.27. The molecule has 3 nitrogen and oxygen atoms in total. The van der Waals surface area contributed by atoms with Gasteiger partial charge in [-0.25, -0.2) is 0 Å². The van der Waals surface area contributed by atoms with Gasteiger partial charge in [0.05, 0.1) is 11.6 Å². The zero-order valence-corrected chi connectivity index (χ0v) is 21.5. The molecule has 0 radical (unpaired) electrons. The van der Waals surface area contributed by atoms with Crippen LogP contribution in [-0.2, 0) is 13.2 Å². The van der Waals surface area contributed by atoms with Gasteiger partial charge in [-0.2, -0.15) is 0 Å². The maximum absolute atomic E-state index is 6.71. The smallest absolute Gasteiger partial charge is 0.180 e. The van der Waals surface area contributed by atoms with E-state index in [1.807, 2.05) is 37.3 Å². The van der Waals surface area contributed by atoms with Crippen molar-refractivity contribution in [1.29, 1.82) is 0 Å². The highest BCUT2D eigenvalue weighted by Gasteiger charge is 2.59. The molecule has 4 aliphatic rings. The van der Waals surface area contributed by atoms with Crippen molar-refractivity contribution in [2.24, 2.45) is 16.7 Å². The van der Waals surface area contributed by atoms with E-state index >= 15 is 0 Å². The Bertz CT molecular complexity index is 1020. The molecule has 0 aromatic heterocycles. The quantitative estimate of drug-likeness (QED) is 0.411. The standard InChI is InChI=1S/C28H35Cl2NO2/c1-4-32-24-10-19(9-23(30)25(24)33-15-21-7-5-6-8-22(21)29)14-31-28-13-20-11-26(2,17-28)16-27(3,12-20)18-28/h5-10,20,31H,4,11-18H2,1-3H3. The highest BCUT2D eigenvalue weighted by atomic mass is 35.5. The van der Waals surface area contributed by atoms with Crippen molar-refractivity contribution in [3.8, 4) is 11.5 Å². The molecule has 5 heteroatoms. The average molecular weight is 488 g/mol. The van der Waals surface area contributed by atoms with Crippen LogP contribution in [-0.4, -0.2) is 12.1 Å². The van der Waals surface area contributed by atoms with E-state index < -0.39 is 0 Å². The van der Waals surface area contributed by atoms with E-state index in [1.165, 1.54) is 38.5 Å². The molecule has 6 rings (SSSR count). The van der Waals surface area contributed by atoms with Crippen LogP contribution in [0.4, 0.5) is 0 Å². The molecule has 178 valence electrons. The molecule has 33 heavy (non-hydrogen) atoms. The van der Waals surface area contributed by atoms with E-state index in [4.69, 9.17) is 32.7 Å². The maximum Gasteiger partial charge on any atom is 0.180 e. The summed E-state index contributed by atoms with van der Waals surface area (Å²) in [6, 6.07) is 11.8. The lowest BCUT2D eigenvalue weighted by Gasteiger charge is -2.65. The summed E-state index contributed by atoms with van der Waals surface area (Å²) in [5.74, 6) is 2.14. The van der Waals surface area contributed by atoms with Gasteiger partial charge in [-0.1, -0.05) is 55.2 Å². The molecule has 4 aliphatic carbocycles. The van der Waals surface area contributed by atoms with Gasteiger partial charge in [0.1, 0.15) is 6.61 Å². The van der Waals surface area contributed by atoms with Crippen molar-refractivity contribution in [3.63, 3.8) is 0 Å². The molecular weight excluding hydrogens is 453 g/mol. The number of ether oxygens (including phenoxy) is 2. The van der Waals surface area contributed by atoms with Crippen LogP contribution in [0.25, 0.3) is 0 Å². The lowest BCUT2D eigenvalue weighted by atomic mass is 9.43. The molecule has 1 N–H and O–H groups in total. The molecule has 2 aromatic rings. The first-order chi connectivity index (χ1) is 15.7. The Morgan fingerprint density at radius 2 is 1.67 bits per heavy atom. The van der Waals surface area contributed by atoms with Crippen LogP contribution in [0.2, 0.25) is 10.0 Å². The van der Waals surface area contributed by atoms with Crippen molar-refractivity contribution in [1.82, 2.24) is 5.32 Å². The van der Waals surface area contributed by atoms with E-state index in [-0.39, 0.29) is 5.54 Å². The first kappa shape index (κ1) is 23.3. The van der Waals surface area contributed by atoms with Crippen LogP contribution in [0.15, 0.2) is 36.4 Å². The second kappa shape index (κ2) is 8.66. The summed E-state index contributed by atoms with van der Waals surface area (Å²) in [4.78, 5) is 0. The van der Waals surface area contributed by atoms with Crippen LogP contribution < -0.4 is 14.8 Å². The number of nitrogens with one attached hydrogen (secondary N) is 1. The van der Waals surface area contributed by atoms with Gasteiger partial charge in [0.2, 0.25) is 0 Å². The SMILES string of the molecule is CCOc1cc(CNC23CC4CC(C)(CC(C)(C4)C2)C3)cc(Cl)c1OCc1ccccc1Cl. The van der Waals surface area contributed by atoms with Gasteiger partial charge < -0.3 is 14.8 Å². The third-order valence-corrected chi connectivity index (χ3v) is 8.64. The van der Waals surface area contributed by atoms with Gasteiger partial charge in [0, 0.05) is 22.7 Å². The number of rotatable bonds is 8. The number of halogens is 2. The van der Waals surface area contributed by atoms with Crippen molar-refractivity contribution in [2.75, 3.05) is 6.61 Å². The van der Waals surface area contributed by atoms with Crippen molar-refractivity contribution in [2.45, 2.75) is 78.0 Å². The van der Waals surface area contributed by atoms with Crippen LogP contribution in [0.5, 0.6) is 11.5 Å². The Kier molecular flexibility index (Phi) is 6.12. The molecule has 0 saturated heterocycles. The van der Waals surface area contributed by atoms with Crippen LogP contribution in [0.3, 0.4) is 0 Å². The van der Waals surface area contributed by atoms with Gasteiger partial charge in [-0.3, -0.25) is 0 Å². The average Bonchev–Trinajstić information content (AvgIpc) is 2.70. The summed E-state index contributed by atoms with van der Waals surface area (Å²) in [7, 11) is 0. The van der Waals surface area contributed by atoms with Crippen LogP contribution >= 0.6 is 23.2 Å². The molecule has 4 bridgehead atoms. The predicted octanol–water partition coefficient (Wildman–Crippen LogP) is 7.81. The Balaban J connectivity index is 1.33. The number of hydrogen-bond acceptors (Lipinski definition) is 3. The number of hydrogen-bond donors (Lipinski definition) is 1. The minimum absolute atomic E-state index is 0.250. The van der Waals surface area contributed by atoms with Gasteiger partial charge in [0.25, 0.3) is 0 Å². The van der Waals surface area contributed by atoms with Crippen molar-refractivity contribution >= 4 is 23.2 Å². The van der Waals surface area contributed by atoms with Gasteiger partial charge in [0.15, 0.2) is 11.5 Å². The predicted molar refractivity (Wildman–Crippen MR) is 135 cm³/mol. The third kappa shape index (κ3) is 4.74. The Hall–Kier alpha value is -1.42. The van der Waals surface area contributed by atoms with Gasteiger partial charge >= 0.3 is 0 Å². The Labute approximate surface area is 208 Å². The van der Waals surface area contributed by atoms with Crippen LogP contribution in [0.1, 0.15) is 70.4 Å². The molecule has 4 fully saturated rings. The van der Waals surface area contributed by atoms with Crippen molar-refractivity contribution < 1.29 is 9.47 Å². The fraction of sp³-hybridized carbons (Fsp3) is 0.571. The maximum atomic E-state index is 6.71. The summed E-state index contributed by atoms with van der Waals surface area (Å²) >= 11 is 13.0. The molecule has 0 aliphatic heterocycles. The molecule has 2 aromatic carbocycles. The Morgan fingerprint density at radius 3 is 2.33 bits per heavy atom. The molecule has 2 unspecified atom stereocenters. The van der Waals surface area contributed by atoms with E-state index in [0.29, 0.717) is 45.6 Å². The molecule has 2 atom stereocenters. The Morgan fingerprint density at radius 1 is 0.939 bits per heavy atom. The largest absolute Gasteiger partial charge is 0.490 e. The van der Waals surface area contributed by atoms with Crippen molar-refractivity contribution in [3.05, 3.63) is 57.6 Å². The van der Waals surface area contributed by atoms with E-state index in [1.54, 1.807) is 0 Å². The second-order valence-electron chi connectivity index (χ2n) is 11.5. The summed E-state index contributed by atoms with van der Waals surface area (Å²) in [6.07, 6.45) is 8.09. The van der Waals surface area contributed by atoms with Gasteiger partial charge in [-0.15, -0.1) is 0 Å². The lowest BCUT2D eigenvalue weighted by Crippen LogP contribution is -2.63. The van der Waals surface area contributed by atoms with E-state index in [9.17, 15) is 0 Å². The molecule has 0 amide bonds. The third-order valence-electron chi connectivity index (χ3n) is 7.99. The zero-order chi connectivity index (χ0) is 23.3. The fourth-order valence-electron chi connectivity index (χ4n) is 7.83. The van der Waals surface area contributed by atoms with E-state index in [2.05, 4.69) is 25.2 Å². The normalized spacial score (nSPS) is 32.2. The molecular formula is C28H35Cl2NO2. The zero-order valence-electron chi connectivity index (χ0n) is 20.0. The second-order valence-corrected chi connectivity index (χ2v) is 12.3. The first-order valence-electron chi connectivity index (χ1n) is 12.3. The summed E-state index contributed by atoms with van der Waals surface area (Å²) in [5.41, 5.74) is 3.30. The topological polar surface area (TPSA) is 30.5 Å². The highest BCUT2D eigenvalue weighted by Crippen LogP contribution is 2.66. The highest BCUT2D eigenvalue weighted by molar-refractivity contribution is 6.32. The van der Waals surface area contributed by atoms with Crippen LogP contribution in [0, 0.1) is 16.7 Å². The molecule has 0 spiro atoms. The van der Waals surface area contributed by atoms with E-state index in [0.717, 1.165) is 23.6 Å².